The number of nitrogens with zero attached hydrogens (tertiary/aromatic N) is 1. The molecule has 100 valence electrons. The van der Waals surface area contributed by atoms with Crippen molar-refractivity contribution in [3.8, 4) is 6.07 Å². The number of amides is 1. The average Bonchev–Trinajstić information content (AvgIpc) is 2.43. The molecule has 19 heavy (non-hydrogen) atoms. The van der Waals surface area contributed by atoms with Crippen LogP contribution in [0.25, 0.3) is 0 Å². The Morgan fingerprint density at radius 2 is 2.05 bits per heavy atom. The lowest BCUT2D eigenvalue weighted by atomic mass is 10.1. The van der Waals surface area contributed by atoms with Crippen molar-refractivity contribution in [1.29, 1.82) is 5.26 Å². The molecule has 0 aliphatic heterocycles. The van der Waals surface area contributed by atoms with Crippen molar-refractivity contribution in [2.24, 2.45) is 0 Å². The van der Waals surface area contributed by atoms with Crippen LogP contribution in [-0.2, 0) is 20.7 Å². The van der Waals surface area contributed by atoms with E-state index in [0.717, 1.165) is 5.56 Å². The third-order valence-electron chi connectivity index (χ3n) is 2.57. The molecule has 0 aromatic heterocycles. The van der Waals surface area contributed by atoms with Gasteiger partial charge >= 0.3 is 5.97 Å². The van der Waals surface area contributed by atoms with E-state index in [0.29, 0.717) is 0 Å². The Morgan fingerprint density at radius 1 is 1.37 bits per heavy atom. The zero-order valence-electron chi connectivity index (χ0n) is 10.8. The number of rotatable bonds is 6. The number of nitriles is 1. The lowest BCUT2D eigenvalue weighted by molar-refractivity contribution is -0.145. The molecule has 0 spiro atoms. The summed E-state index contributed by atoms with van der Waals surface area (Å²) in [6, 6.07) is 10.4. The van der Waals surface area contributed by atoms with Crippen LogP contribution in [0.3, 0.4) is 0 Å². The van der Waals surface area contributed by atoms with Crippen LogP contribution in [0.2, 0.25) is 0 Å². The molecule has 1 aromatic carbocycles. The van der Waals surface area contributed by atoms with Gasteiger partial charge in [-0.3, -0.25) is 4.79 Å². The predicted molar refractivity (Wildman–Crippen MR) is 68.9 cm³/mol. The Balaban J connectivity index is 2.56. The molecule has 0 fully saturated rings. The second-order valence-electron chi connectivity index (χ2n) is 4.00. The zero-order chi connectivity index (χ0) is 14.1. The highest BCUT2D eigenvalue weighted by Crippen LogP contribution is 2.02. The van der Waals surface area contributed by atoms with E-state index in [4.69, 9.17) is 5.26 Å². The monoisotopic (exact) mass is 260 g/mol. The van der Waals surface area contributed by atoms with Crippen LogP contribution >= 0.6 is 0 Å². The molecule has 0 unspecified atom stereocenters. The maximum atomic E-state index is 11.8. The van der Waals surface area contributed by atoms with Crippen LogP contribution in [0.4, 0.5) is 0 Å². The van der Waals surface area contributed by atoms with Crippen molar-refractivity contribution in [3.05, 3.63) is 35.9 Å². The molecule has 1 N–H and O–H groups in total. The molecule has 0 saturated carbocycles. The zero-order valence-corrected chi connectivity index (χ0v) is 10.8. The number of ether oxygens (including phenoxy) is 1. The Bertz CT molecular complexity index is 465. The number of hydrogen-bond acceptors (Lipinski definition) is 4. The summed E-state index contributed by atoms with van der Waals surface area (Å²) in [6.07, 6.45) is 0.635. The first-order valence-corrected chi connectivity index (χ1v) is 5.95. The van der Waals surface area contributed by atoms with Crippen LogP contribution in [-0.4, -0.2) is 25.0 Å². The molecule has 0 heterocycles. The molecule has 1 amide bonds. The normalized spacial score (nSPS) is 11.2. The summed E-state index contributed by atoms with van der Waals surface area (Å²) in [6.45, 7) is 0. The van der Waals surface area contributed by atoms with Gasteiger partial charge in [0.2, 0.25) is 5.91 Å². The minimum atomic E-state index is -0.763. The molecule has 1 aromatic rings. The molecular formula is C14H16N2O3. The number of methoxy groups -OCH3 is 1. The van der Waals surface area contributed by atoms with Gasteiger partial charge in [-0.25, -0.2) is 4.79 Å². The summed E-state index contributed by atoms with van der Waals surface area (Å²) in [7, 11) is 1.26. The predicted octanol–water partition coefficient (Wildman–Crippen LogP) is 1.19. The molecule has 0 aliphatic rings. The fraction of sp³-hybridized carbons (Fsp3) is 0.357. The van der Waals surface area contributed by atoms with E-state index < -0.39 is 12.0 Å². The third kappa shape index (κ3) is 5.21. The first kappa shape index (κ1) is 14.7. The molecule has 0 bridgehead atoms. The van der Waals surface area contributed by atoms with Gasteiger partial charge in [-0.05, 0) is 12.0 Å². The molecule has 1 atom stereocenters. The second kappa shape index (κ2) is 7.88. The highest BCUT2D eigenvalue weighted by molar-refractivity contribution is 5.85. The fourth-order valence-electron chi connectivity index (χ4n) is 1.63. The quantitative estimate of drug-likeness (QED) is 0.779. The van der Waals surface area contributed by atoms with Gasteiger partial charge in [0.15, 0.2) is 0 Å². The van der Waals surface area contributed by atoms with Crippen molar-refractivity contribution in [1.82, 2.24) is 5.32 Å². The SMILES string of the molecule is COC(=O)[C@H](CCC#N)NC(=O)Cc1ccccc1. The summed E-state index contributed by atoms with van der Waals surface area (Å²) < 4.78 is 4.60. The highest BCUT2D eigenvalue weighted by Gasteiger charge is 2.20. The number of esters is 1. The van der Waals surface area contributed by atoms with Crippen molar-refractivity contribution in [2.75, 3.05) is 7.11 Å². The fourth-order valence-corrected chi connectivity index (χ4v) is 1.63. The van der Waals surface area contributed by atoms with E-state index in [-0.39, 0.29) is 25.2 Å². The Kier molecular flexibility index (Phi) is 6.10. The van der Waals surface area contributed by atoms with E-state index in [2.05, 4.69) is 10.1 Å². The maximum Gasteiger partial charge on any atom is 0.328 e. The minimum absolute atomic E-state index is 0.186. The van der Waals surface area contributed by atoms with Crippen LogP contribution in [0, 0.1) is 11.3 Å². The van der Waals surface area contributed by atoms with Crippen molar-refractivity contribution >= 4 is 11.9 Å². The highest BCUT2D eigenvalue weighted by atomic mass is 16.5. The smallest absolute Gasteiger partial charge is 0.328 e. The van der Waals surface area contributed by atoms with Gasteiger partial charge in [-0.2, -0.15) is 5.26 Å². The first-order chi connectivity index (χ1) is 9.17. The van der Waals surface area contributed by atoms with Crippen LogP contribution in [0.5, 0.6) is 0 Å². The molecule has 0 saturated heterocycles. The van der Waals surface area contributed by atoms with Crippen LogP contribution < -0.4 is 5.32 Å². The van der Waals surface area contributed by atoms with Crippen LogP contribution in [0.15, 0.2) is 30.3 Å². The molecular weight excluding hydrogens is 244 g/mol. The van der Waals surface area contributed by atoms with Gasteiger partial charge in [0.1, 0.15) is 6.04 Å². The van der Waals surface area contributed by atoms with Crippen LogP contribution in [0.1, 0.15) is 18.4 Å². The first-order valence-electron chi connectivity index (χ1n) is 5.95. The number of carbonyl (C=O) groups excluding carboxylic acids is 2. The summed E-state index contributed by atoms with van der Waals surface area (Å²) in [5.74, 6) is -0.795. The molecule has 5 heteroatoms. The summed E-state index contributed by atoms with van der Waals surface area (Å²) >= 11 is 0. The van der Waals surface area contributed by atoms with E-state index in [1.807, 2.05) is 36.4 Å². The van der Waals surface area contributed by atoms with Crippen molar-refractivity contribution in [3.63, 3.8) is 0 Å². The van der Waals surface area contributed by atoms with Crippen molar-refractivity contribution in [2.45, 2.75) is 25.3 Å². The van der Waals surface area contributed by atoms with E-state index in [1.54, 1.807) is 0 Å². The topological polar surface area (TPSA) is 79.2 Å². The van der Waals surface area contributed by atoms with E-state index in [1.165, 1.54) is 7.11 Å². The van der Waals surface area contributed by atoms with E-state index in [9.17, 15) is 9.59 Å². The van der Waals surface area contributed by atoms with Gasteiger partial charge in [0.05, 0.1) is 19.6 Å². The molecule has 0 aliphatic carbocycles. The third-order valence-corrected chi connectivity index (χ3v) is 2.57. The largest absolute Gasteiger partial charge is 0.467 e. The van der Waals surface area contributed by atoms with E-state index >= 15 is 0 Å². The summed E-state index contributed by atoms with van der Waals surface area (Å²) in [5.41, 5.74) is 0.865. The molecule has 1 rings (SSSR count). The number of carbonyl (C=O) groups is 2. The average molecular weight is 260 g/mol. The molecule has 5 nitrogen and oxygen atoms in total. The Hall–Kier alpha value is -2.35. The Labute approximate surface area is 112 Å². The second-order valence-corrected chi connectivity index (χ2v) is 4.00. The lowest BCUT2D eigenvalue weighted by Gasteiger charge is -2.15. The van der Waals surface area contributed by atoms with Gasteiger partial charge in [-0.15, -0.1) is 0 Å². The number of benzene rings is 1. The molecule has 0 radical (unpaired) electrons. The Morgan fingerprint density at radius 3 is 2.63 bits per heavy atom. The standard InChI is InChI=1S/C14H16N2O3/c1-19-14(18)12(8-5-9-15)16-13(17)10-11-6-3-2-4-7-11/h2-4,6-7,12H,5,8,10H2,1H3,(H,16,17)/t12-/m0/s1. The summed E-state index contributed by atoms with van der Waals surface area (Å²) in [4.78, 5) is 23.3. The lowest BCUT2D eigenvalue weighted by Crippen LogP contribution is -2.42. The number of hydrogen-bond donors (Lipinski definition) is 1. The minimum Gasteiger partial charge on any atom is -0.467 e. The van der Waals surface area contributed by atoms with Gasteiger partial charge in [-0.1, -0.05) is 30.3 Å². The van der Waals surface area contributed by atoms with Gasteiger partial charge < -0.3 is 10.1 Å². The summed E-state index contributed by atoms with van der Waals surface area (Å²) in [5, 5.41) is 11.1. The van der Waals surface area contributed by atoms with Crippen molar-refractivity contribution < 1.29 is 14.3 Å². The van der Waals surface area contributed by atoms with Gasteiger partial charge in [0.25, 0.3) is 0 Å². The maximum absolute atomic E-state index is 11.8. The number of nitrogens with one attached hydrogen (secondary N) is 1. The van der Waals surface area contributed by atoms with Gasteiger partial charge in [0, 0.05) is 6.42 Å².